The van der Waals surface area contributed by atoms with Gasteiger partial charge in [-0.15, -0.1) is 10.2 Å². The molecule has 0 fully saturated rings. The second kappa shape index (κ2) is 9.17. The number of imide groups is 1. The molecule has 3 amide bonds. The zero-order valence-electron chi connectivity index (χ0n) is 15.1. The summed E-state index contributed by atoms with van der Waals surface area (Å²) in [6, 6.07) is 13.0. The number of nitrogens with zero attached hydrogens (tertiary/aromatic N) is 3. The maximum Gasteiger partial charge on any atom is 0.325 e. The average molecular weight is 451 g/mol. The van der Waals surface area contributed by atoms with E-state index in [-0.39, 0.29) is 5.16 Å². The van der Waals surface area contributed by atoms with Crippen molar-refractivity contribution in [2.24, 2.45) is 0 Å². The summed E-state index contributed by atoms with van der Waals surface area (Å²) < 4.78 is 1.22. The molecule has 0 radical (unpaired) electrons. The molecule has 3 rings (SSSR count). The molecule has 11 heteroatoms. The Morgan fingerprint density at radius 1 is 1.14 bits per heavy atom. The zero-order valence-corrected chi connectivity index (χ0v) is 17.4. The summed E-state index contributed by atoms with van der Waals surface area (Å²) >= 11 is 13.2. The van der Waals surface area contributed by atoms with Crippen molar-refractivity contribution in [1.29, 1.82) is 0 Å². The lowest BCUT2D eigenvalue weighted by Gasteiger charge is -2.11. The van der Waals surface area contributed by atoms with Crippen LogP contribution in [-0.2, 0) is 4.79 Å². The number of benzene rings is 2. The van der Waals surface area contributed by atoms with Crippen molar-refractivity contribution in [2.45, 2.75) is 17.3 Å². The first-order valence-corrected chi connectivity index (χ1v) is 9.98. The number of hydrogen-bond donors (Lipinski definition) is 3. The summed E-state index contributed by atoms with van der Waals surface area (Å²) in [5.41, 5.74) is 1.09. The van der Waals surface area contributed by atoms with E-state index in [1.807, 2.05) is 6.07 Å². The lowest BCUT2D eigenvalue weighted by atomic mass is 10.2. The van der Waals surface area contributed by atoms with Gasteiger partial charge in [-0.2, -0.15) is 0 Å². The highest BCUT2D eigenvalue weighted by atomic mass is 35.5. The van der Waals surface area contributed by atoms with E-state index in [4.69, 9.17) is 29.0 Å². The number of para-hydroxylation sites is 1. The maximum absolute atomic E-state index is 12.3. The molecule has 1 unspecified atom stereocenters. The van der Waals surface area contributed by atoms with Gasteiger partial charge in [0.15, 0.2) is 5.82 Å². The molecule has 0 aliphatic heterocycles. The first kappa shape index (κ1) is 21.0. The van der Waals surface area contributed by atoms with Crippen LogP contribution in [0.4, 0.5) is 10.5 Å². The summed E-state index contributed by atoms with van der Waals surface area (Å²) in [6.45, 7) is 1.62. The largest absolute Gasteiger partial charge is 0.335 e. The summed E-state index contributed by atoms with van der Waals surface area (Å²) in [5.74, 6) is 5.86. The summed E-state index contributed by atoms with van der Waals surface area (Å²) in [7, 11) is 0. The minimum Gasteiger partial charge on any atom is -0.335 e. The summed E-state index contributed by atoms with van der Waals surface area (Å²) in [4.78, 5) is 24.3. The minimum atomic E-state index is -0.661. The van der Waals surface area contributed by atoms with E-state index >= 15 is 0 Å². The number of carbonyl (C=O) groups is 2. The number of rotatable bonds is 5. The Bertz CT molecular complexity index is 1040. The van der Waals surface area contributed by atoms with Gasteiger partial charge >= 0.3 is 6.03 Å². The van der Waals surface area contributed by atoms with Crippen LogP contribution in [0.1, 0.15) is 6.92 Å². The Balaban J connectivity index is 1.65. The molecule has 1 atom stereocenters. The number of halogens is 2. The number of aromatic nitrogens is 3. The predicted octanol–water partition coefficient (Wildman–Crippen LogP) is 3.79. The highest BCUT2D eigenvalue weighted by Gasteiger charge is 2.22. The van der Waals surface area contributed by atoms with Crippen LogP contribution < -0.4 is 16.5 Å². The zero-order chi connectivity index (χ0) is 21.0. The quantitative estimate of drug-likeness (QED) is 0.402. The van der Waals surface area contributed by atoms with Crippen molar-refractivity contribution in [3.63, 3.8) is 0 Å². The fraction of sp³-hybridized carbons (Fsp3) is 0.111. The van der Waals surface area contributed by atoms with Gasteiger partial charge in [-0.1, -0.05) is 53.2 Å². The molecule has 2 aromatic carbocycles. The lowest BCUT2D eigenvalue weighted by molar-refractivity contribution is -0.119. The number of hydrogen-bond acceptors (Lipinski definition) is 6. The molecule has 0 spiro atoms. The first-order valence-electron chi connectivity index (χ1n) is 8.34. The molecule has 4 N–H and O–H groups in total. The van der Waals surface area contributed by atoms with E-state index in [1.54, 1.807) is 49.4 Å². The van der Waals surface area contributed by atoms with Gasteiger partial charge in [0.1, 0.15) is 0 Å². The second-order valence-corrected chi connectivity index (χ2v) is 8.02. The van der Waals surface area contributed by atoms with Gasteiger partial charge in [0.05, 0.1) is 10.3 Å². The monoisotopic (exact) mass is 450 g/mol. The SMILES string of the molecule is CC(Sc1nnc(-c2cc(Cl)ccc2Cl)n1N)C(=O)NC(=O)Nc1ccccc1. The van der Waals surface area contributed by atoms with Gasteiger partial charge in [-0.3, -0.25) is 10.1 Å². The molecule has 1 aromatic heterocycles. The Morgan fingerprint density at radius 3 is 2.59 bits per heavy atom. The molecule has 0 aliphatic carbocycles. The van der Waals surface area contributed by atoms with Crippen LogP contribution in [0, 0.1) is 0 Å². The Hall–Kier alpha value is -2.75. The van der Waals surface area contributed by atoms with Crippen molar-refractivity contribution < 1.29 is 9.59 Å². The number of thioether (sulfide) groups is 1. The number of carbonyl (C=O) groups excluding carboxylic acids is 2. The highest BCUT2D eigenvalue weighted by molar-refractivity contribution is 8.00. The molecule has 29 heavy (non-hydrogen) atoms. The van der Waals surface area contributed by atoms with Crippen molar-refractivity contribution in [3.8, 4) is 11.4 Å². The molecule has 0 saturated heterocycles. The van der Waals surface area contributed by atoms with Gasteiger partial charge < -0.3 is 11.2 Å². The number of nitrogens with one attached hydrogen (secondary N) is 2. The molecule has 3 aromatic rings. The first-order chi connectivity index (χ1) is 13.8. The standard InChI is InChI=1S/C18H16Cl2N6O2S/c1-10(16(27)23-17(28)22-12-5-3-2-4-6-12)29-18-25-24-15(26(18)21)13-9-11(19)7-8-14(13)20/h2-10H,21H2,1H3,(H2,22,23,27,28). The van der Waals surface area contributed by atoms with E-state index in [0.29, 0.717) is 27.1 Å². The van der Waals surface area contributed by atoms with Gasteiger partial charge in [0, 0.05) is 16.3 Å². The number of nitrogens with two attached hydrogens (primary N) is 1. The fourth-order valence-corrected chi connectivity index (χ4v) is 3.46. The van der Waals surface area contributed by atoms with Crippen LogP contribution in [0.25, 0.3) is 11.4 Å². The number of urea groups is 1. The van der Waals surface area contributed by atoms with Gasteiger partial charge in [0.25, 0.3) is 0 Å². The average Bonchev–Trinajstić information content (AvgIpc) is 3.04. The molecule has 0 aliphatic rings. The third kappa shape index (κ3) is 5.20. The van der Waals surface area contributed by atoms with Gasteiger partial charge in [-0.25, -0.2) is 9.47 Å². The van der Waals surface area contributed by atoms with E-state index < -0.39 is 17.2 Å². The summed E-state index contributed by atoms with van der Waals surface area (Å²) in [6.07, 6.45) is 0. The molecule has 0 bridgehead atoms. The van der Waals surface area contributed by atoms with Crippen LogP contribution in [0.2, 0.25) is 10.0 Å². The van der Waals surface area contributed by atoms with Crippen LogP contribution in [0.3, 0.4) is 0 Å². The van der Waals surface area contributed by atoms with Crippen molar-refractivity contribution in [1.82, 2.24) is 20.2 Å². The fourth-order valence-electron chi connectivity index (χ4n) is 2.32. The van der Waals surface area contributed by atoms with Crippen LogP contribution in [0.5, 0.6) is 0 Å². The number of amides is 3. The highest BCUT2D eigenvalue weighted by Crippen LogP contribution is 2.31. The van der Waals surface area contributed by atoms with Crippen molar-refractivity contribution in [2.75, 3.05) is 11.2 Å². The van der Waals surface area contributed by atoms with E-state index in [2.05, 4.69) is 20.8 Å². The molecule has 0 saturated carbocycles. The summed E-state index contributed by atoms with van der Waals surface area (Å²) in [5, 5.41) is 13.4. The van der Waals surface area contributed by atoms with Crippen LogP contribution in [0.15, 0.2) is 53.7 Å². The Labute approximate surface area is 180 Å². The smallest absolute Gasteiger partial charge is 0.325 e. The predicted molar refractivity (Wildman–Crippen MR) is 115 cm³/mol. The van der Waals surface area contributed by atoms with Crippen molar-refractivity contribution >= 4 is 52.6 Å². The number of nitrogen functional groups attached to an aromatic ring is 1. The van der Waals surface area contributed by atoms with Crippen molar-refractivity contribution in [3.05, 3.63) is 58.6 Å². The Kier molecular flexibility index (Phi) is 6.63. The molecule has 150 valence electrons. The number of anilines is 1. The van der Waals surface area contributed by atoms with E-state index in [9.17, 15) is 9.59 Å². The normalized spacial score (nSPS) is 11.7. The van der Waals surface area contributed by atoms with E-state index in [0.717, 1.165) is 11.8 Å². The van der Waals surface area contributed by atoms with Gasteiger partial charge in [-0.05, 0) is 37.3 Å². The minimum absolute atomic E-state index is 0.280. The van der Waals surface area contributed by atoms with E-state index in [1.165, 1.54) is 4.68 Å². The maximum atomic E-state index is 12.3. The molecular formula is C18H16Cl2N6O2S. The third-order valence-corrected chi connectivity index (χ3v) is 5.38. The lowest BCUT2D eigenvalue weighted by Crippen LogP contribution is -2.39. The molecular weight excluding hydrogens is 435 g/mol. The second-order valence-electron chi connectivity index (χ2n) is 5.87. The van der Waals surface area contributed by atoms with Crippen LogP contribution >= 0.6 is 35.0 Å². The molecule has 8 nitrogen and oxygen atoms in total. The molecule has 1 heterocycles. The third-order valence-electron chi connectivity index (χ3n) is 3.75. The Morgan fingerprint density at radius 2 is 1.86 bits per heavy atom. The van der Waals surface area contributed by atoms with Crippen LogP contribution in [-0.4, -0.2) is 32.1 Å². The topological polar surface area (TPSA) is 115 Å². The van der Waals surface area contributed by atoms with Gasteiger partial charge in [0.2, 0.25) is 11.1 Å².